The lowest BCUT2D eigenvalue weighted by Crippen LogP contribution is -2.43. The van der Waals surface area contributed by atoms with Crippen LogP contribution in [-0.4, -0.2) is 18.6 Å². The molecule has 0 amide bonds. The molecule has 1 unspecified atom stereocenters. The average molecular weight is 241 g/mol. The van der Waals surface area contributed by atoms with E-state index >= 15 is 0 Å². The smallest absolute Gasteiger partial charge is 0.307 e. The summed E-state index contributed by atoms with van der Waals surface area (Å²) < 4.78 is 4.71. The van der Waals surface area contributed by atoms with Gasteiger partial charge in [-0.05, 0) is 24.8 Å². The maximum Gasteiger partial charge on any atom is 0.307 e. The zero-order chi connectivity index (χ0) is 12.0. The van der Waals surface area contributed by atoms with E-state index in [2.05, 4.69) is 30.6 Å². The van der Waals surface area contributed by atoms with Crippen molar-refractivity contribution in [3.05, 3.63) is 22.4 Å². The lowest BCUT2D eigenvalue weighted by Gasteiger charge is -2.28. The molecule has 1 rings (SSSR count). The van der Waals surface area contributed by atoms with Crippen LogP contribution in [0.5, 0.6) is 0 Å². The lowest BCUT2D eigenvalue weighted by molar-refractivity contribution is -0.142. The van der Waals surface area contributed by atoms with Gasteiger partial charge in [-0.1, -0.05) is 13.0 Å². The van der Waals surface area contributed by atoms with Crippen LogP contribution < -0.4 is 5.32 Å². The zero-order valence-corrected chi connectivity index (χ0v) is 10.9. The van der Waals surface area contributed by atoms with E-state index in [1.165, 1.54) is 12.0 Å². The first kappa shape index (κ1) is 13.2. The number of hydrogen-bond donors (Lipinski definition) is 1. The van der Waals surface area contributed by atoms with Crippen LogP contribution in [-0.2, 0) is 16.1 Å². The van der Waals surface area contributed by atoms with Crippen molar-refractivity contribution in [3.63, 3.8) is 0 Å². The first-order valence-corrected chi connectivity index (χ1v) is 6.32. The Labute approximate surface area is 101 Å². The van der Waals surface area contributed by atoms with Crippen LogP contribution >= 0.6 is 11.3 Å². The fourth-order valence-electron chi connectivity index (χ4n) is 1.42. The summed E-state index contributed by atoms with van der Waals surface area (Å²) in [7, 11) is 1.43. The molecule has 1 heterocycles. The Kier molecular flexibility index (Phi) is 4.96. The summed E-state index contributed by atoms with van der Waals surface area (Å²) in [5.41, 5.74) is -0.183. The fourth-order valence-corrected chi connectivity index (χ4v) is 2.06. The molecule has 1 aromatic heterocycles. The van der Waals surface area contributed by atoms with Gasteiger partial charge in [-0.25, -0.2) is 0 Å². The van der Waals surface area contributed by atoms with Gasteiger partial charge in [0.25, 0.3) is 0 Å². The average Bonchev–Trinajstić information content (AvgIpc) is 2.79. The van der Waals surface area contributed by atoms with Crippen molar-refractivity contribution < 1.29 is 9.53 Å². The van der Waals surface area contributed by atoms with E-state index in [9.17, 15) is 4.79 Å². The predicted octanol–water partition coefficient (Wildman–Crippen LogP) is 2.57. The molecule has 0 fully saturated rings. The van der Waals surface area contributed by atoms with Gasteiger partial charge in [0.2, 0.25) is 0 Å². The number of carbonyl (C=O) groups is 1. The third kappa shape index (κ3) is 3.94. The van der Waals surface area contributed by atoms with E-state index in [-0.39, 0.29) is 11.5 Å². The Balaban J connectivity index is 2.49. The molecule has 0 spiro atoms. The molecule has 90 valence electrons. The second-order valence-electron chi connectivity index (χ2n) is 4.10. The second-order valence-corrected chi connectivity index (χ2v) is 5.13. The van der Waals surface area contributed by atoms with Crippen LogP contribution in [0.3, 0.4) is 0 Å². The molecular formula is C12H19NO2S. The van der Waals surface area contributed by atoms with Crippen LogP contribution in [0.4, 0.5) is 0 Å². The van der Waals surface area contributed by atoms with Crippen LogP contribution in [0.1, 0.15) is 31.6 Å². The van der Waals surface area contributed by atoms with E-state index in [1.807, 2.05) is 6.07 Å². The highest BCUT2D eigenvalue weighted by molar-refractivity contribution is 7.09. The topological polar surface area (TPSA) is 38.3 Å². The first-order valence-electron chi connectivity index (χ1n) is 5.44. The number of esters is 1. The third-order valence-electron chi connectivity index (χ3n) is 2.81. The van der Waals surface area contributed by atoms with E-state index in [4.69, 9.17) is 4.74 Å². The maximum absolute atomic E-state index is 11.3. The molecule has 0 aliphatic carbocycles. The molecule has 0 aliphatic heterocycles. The molecule has 0 saturated carbocycles. The molecule has 16 heavy (non-hydrogen) atoms. The molecule has 4 heteroatoms. The van der Waals surface area contributed by atoms with Crippen molar-refractivity contribution in [2.45, 2.75) is 38.8 Å². The highest BCUT2D eigenvalue weighted by Gasteiger charge is 2.25. The molecule has 3 nitrogen and oxygen atoms in total. The SMILES string of the molecule is CCC(C)(CC(=O)OC)NCc1cccs1. The van der Waals surface area contributed by atoms with Crippen molar-refractivity contribution in [1.29, 1.82) is 0 Å². The van der Waals surface area contributed by atoms with Crippen LogP contribution in [0.2, 0.25) is 0 Å². The molecule has 0 radical (unpaired) electrons. The number of rotatable bonds is 6. The van der Waals surface area contributed by atoms with Crippen molar-refractivity contribution in [3.8, 4) is 0 Å². The number of nitrogens with one attached hydrogen (secondary N) is 1. The summed E-state index contributed by atoms with van der Waals surface area (Å²) in [6.07, 6.45) is 1.30. The van der Waals surface area contributed by atoms with Crippen LogP contribution in [0, 0.1) is 0 Å². The summed E-state index contributed by atoms with van der Waals surface area (Å²) in [6, 6.07) is 4.12. The van der Waals surface area contributed by atoms with Crippen molar-refractivity contribution in [2.24, 2.45) is 0 Å². The molecule has 1 aromatic rings. The van der Waals surface area contributed by atoms with E-state index in [0.717, 1.165) is 13.0 Å². The van der Waals surface area contributed by atoms with Crippen molar-refractivity contribution in [2.75, 3.05) is 7.11 Å². The standard InChI is InChI=1S/C12H19NO2S/c1-4-12(2,8-11(14)15-3)13-9-10-6-5-7-16-10/h5-7,13H,4,8-9H2,1-3H3. The largest absolute Gasteiger partial charge is 0.469 e. The quantitative estimate of drug-likeness (QED) is 0.778. The normalized spacial score (nSPS) is 14.4. The Bertz CT molecular complexity index is 324. The molecule has 1 N–H and O–H groups in total. The Hall–Kier alpha value is -0.870. The van der Waals surface area contributed by atoms with Gasteiger partial charge in [-0.15, -0.1) is 11.3 Å². The van der Waals surface area contributed by atoms with Crippen LogP contribution in [0.25, 0.3) is 0 Å². The Morgan fingerprint density at radius 3 is 2.88 bits per heavy atom. The van der Waals surface area contributed by atoms with E-state index < -0.39 is 0 Å². The van der Waals surface area contributed by atoms with Gasteiger partial charge in [0.1, 0.15) is 0 Å². The summed E-state index contributed by atoms with van der Waals surface area (Å²) in [5, 5.41) is 5.48. The van der Waals surface area contributed by atoms with Gasteiger partial charge < -0.3 is 10.1 Å². The number of methoxy groups -OCH3 is 1. The Morgan fingerprint density at radius 2 is 2.38 bits per heavy atom. The summed E-state index contributed by atoms with van der Waals surface area (Å²) in [6.45, 7) is 4.93. The minimum Gasteiger partial charge on any atom is -0.469 e. The summed E-state index contributed by atoms with van der Waals surface area (Å²) >= 11 is 1.72. The van der Waals surface area contributed by atoms with Crippen LogP contribution in [0.15, 0.2) is 17.5 Å². The molecule has 0 aliphatic rings. The van der Waals surface area contributed by atoms with Gasteiger partial charge in [0.15, 0.2) is 0 Å². The highest BCUT2D eigenvalue weighted by Crippen LogP contribution is 2.17. The van der Waals surface area contributed by atoms with Gasteiger partial charge >= 0.3 is 5.97 Å². The van der Waals surface area contributed by atoms with E-state index in [1.54, 1.807) is 11.3 Å². The number of hydrogen-bond acceptors (Lipinski definition) is 4. The summed E-state index contributed by atoms with van der Waals surface area (Å²) in [5.74, 6) is -0.164. The summed E-state index contributed by atoms with van der Waals surface area (Å²) in [4.78, 5) is 12.6. The molecule has 0 aromatic carbocycles. The van der Waals surface area contributed by atoms with Crippen molar-refractivity contribution in [1.82, 2.24) is 5.32 Å². The lowest BCUT2D eigenvalue weighted by atomic mass is 9.94. The van der Waals surface area contributed by atoms with Gasteiger partial charge in [-0.3, -0.25) is 4.79 Å². The molecule has 0 bridgehead atoms. The minimum absolute atomic E-state index is 0.164. The first-order chi connectivity index (χ1) is 7.59. The zero-order valence-electron chi connectivity index (χ0n) is 10.1. The number of carbonyl (C=O) groups excluding carboxylic acids is 1. The van der Waals surface area contributed by atoms with Gasteiger partial charge in [0.05, 0.1) is 13.5 Å². The maximum atomic E-state index is 11.3. The van der Waals surface area contributed by atoms with Gasteiger partial charge in [0, 0.05) is 17.0 Å². The van der Waals surface area contributed by atoms with E-state index in [0.29, 0.717) is 6.42 Å². The Morgan fingerprint density at radius 1 is 1.62 bits per heavy atom. The molecule has 1 atom stereocenters. The fraction of sp³-hybridized carbons (Fsp3) is 0.583. The number of ether oxygens (including phenoxy) is 1. The second kappa shape index (κ2) is 6.01. The van der Waals surface area contributed by atoms with Crippen molar-refractivity contribution >= 4 is 17.3 Å². The van der Waals surface area contributed by atoms with Gasteiger partial charge in [-0.2, -0.15) is 0 Å². The highest BCUT2D eigenvalue weighted by atomic mass is 32.1. The number of thiophene rings is 1. The molecule has 0 saturated heterocycles. The predicted molar refractivity (Wildman–Crippen MR) is 66.5 cm³/mol. The minimum atomic E-state index is -0.183. The monoisotopic (exact) mass is 241 g/mol. The molecular weight excluding hydrogens is 222 g/mol. The third-order valence-corrected chi connectivity index (χ3v) is 3.69.